The van der Waals surface area contributed by atoms with Crippen molar-refractivity contribution >= 4 is 7.05 Å². The summed E-state index contributed by atoms with van der Waals surface area (Å²) in [7, 11) is -0.594. The van der Waals surface area contributed by atoms with Crippen LogP contribution in [0.15, 0.2) is 12.2 Å². The molecule has 6 heteroatoms. The Kier molecular flexibility index (Phi) is 3.50. The Balaban J connectivity index is 1.82. The summed E-state index contributed by atoms with van der Waals surface area (Å²) in [6.07, 6.45) is 5.93. The molecule has 3 aliphatic rings. The van der Waals surface area contributed by atoms with Gasteiger partial charge in [-0.2, -0.15) is 0 Å². The molecule has 1 saturated heterocycles. The molecule has 4 atom stereocenters. The van der Waals surface area contributed by atoms with Crippen LogP contribution < -0.4 is 5.23 Å². The minimum atomic E-state index is -0.734. The molecule has 0 bridgehead atoms. The Morgan fingerprint density at radius 1 is 1.20 bits per heavy atom. The molecule has 5 nitrogen and oxygen atoms in total. The first-order valence-electron chi connectivity index (χ1n) is 7.48. The van der Waals surface area contributed by atoms with E-state index in [4.69, 9.17) is 9.47 Å². The van der Waals surface area contributed by atoms with Gasteiger partial charge in [0.2, 0.25) is 0 Å². The SMILES string of the molecule is CB(O)N[C@@H]1C[C@H](C2(O)CC=CC2)[C@H]2OC(C)(C)O[C@H]21. The maximum absolute atomic E-state index is 10.9. The van der Waals surface area contributed by atoms with E-state index in [1.807, 2.05) is 26.0 Å². The third kappa shape index (κ3) is 2.44. The smallest absolute Gasteiger partial charge is 0.373 e. The van der Waals surface area contributed by atoms with Gasteiger partial charge in [-0.25, -0.2) is 0 Å². The Bertz CT molecular complexity index is 404. The zero-order valence-electron chi connectivity index (χ0n) is 12.4. The highest BCUT2D eigenvalue weighted by Crippen LogP contribution is 2.48. The second-order valence-electron chi connectivity index (χ2n) is 6.84. The predicted molar refractivity (Wildman–Crippen MR) is 76.0 cm³/mol. The molecular weight excluding hydrogens is 257 g/mol. The van der Waals surface area contributed by atoms with Gasteiger partial charge in [0, 0.05) is 12.0 Å². The van der Waals surface area contributed by atoms with Crippen molar-refractivity contribution in [3.63, 3.8) is 0 Å². The molecule has 0 aromatic heterocycles. The monoisotopic (exact) mass is 281 g/mol. The molecule has 0 amide bonds. The van der Waals surface area contributed by atoms with Crippen molar-refractivity contribution < 1.29 is 19.6 Å². The summed E-state index contributed by atoms with van der Waals surface area (Å²) in [5.74, 6) is -0.602. The normalized spacial score (nSPS) is 41.0. The Hall–Kier alpha value is -0.395. The molecule has 0 spiro atoms. The molecule has 1 aliphatic heterocycles. The Morgan fingerprint density at radius 2 is 1.80 bits per heavy atom. The quantitative estimate of drug-likeness (QED) is 0.524. The van der Waals surface area contributed by atoms with Crippen molar-refractivity contribution in [2.45, 2.75) is 69.6 Å². The zero-order valence-corrected chi connectivity index (χ0v) is 12.4. The second-order valence-corrected chi connectivity index (χ2v) is 6.84. The minimum absolute atomic E-state index is 0.0106. The van der Waals surface area contributed by atoms with Crippen LogP contribution in [0.25, 0.3) is 0 Å². The largest absolute Gasteiger partial charge is 0.437 e. The zero-order chi connectivity index (χ0) is 14.5. The maximum atomic E-state index is 10.9. The summed E-state index contributed by atoms with van der Waals surface area (Å²) in [5.41, 5.74) is -0.734. The lowest BCUT2D eigenvalue weighted by Crippen LogP contribution is -2.46. The molecule has 0 aromatic rings. The number of fused-ring (bicyclic) bond motifs is 1. The lowest BCUT2D eigenvalue weighted by Gasteiger charge is -2.34. The molecule has 1 heterocycles. The first-order chi connectivity index (χ1) is 9.31. The third-order valence-electron chi connectivity index (χ3n) is 4.72. The van der Waals surface area contributed by atoms with Gasteiger partial charge in [-0.1, -0.05) is 12.2 Å². The maximum Gasteiger partial charge on any atom is 0.373 e. The van der Waals surface area contributed by atoms with Crippen molar-refractivity contribution in [1.29, 1.82) is 0 Å². The van der Waals surface area contributed by atoms with Crippen LogP contribution in [0.3, 0.4) is 0 Å². The lowest BCUT2D eigenvalue weighted by molar-refractivity contribution is -0.169. The van der Waals surface area contributed by atoms with Gasteiger partial charge in [-0.15, -0.1) is 0 Å². The van der Waals surface area contributed by atoms with E-state index in [-0.39, 0.29) is 24.2 Å². The first-order valence-corrected chi connectivity index (χ1v) is 7.48. The Morgan fingerprint density at radius 3 is 2.40 bits per heavy atom. The number of hydrogen-bond donors (Lipinski definition) is 3. The molecule has 112 valence electrons. The minimum Gasteiger partial charge on any atom is -0.437 e. The molecule has 3 N–H and O–H groups in total. The number of aliphatic hydroxyl groups is 1. The van der Waals surface area contributed by atoms with Crippen LogP contribution in [0.4, 0.5) is 0 Å². The number of nitrogens with one attached hydrogen (secondary N) is 1. The molecule has 0 radical (unpaired) electrons. The van der Waals surface area contributed by atoms with Crippen LogP contribution in [-0.4, -0.2) is 46.8 Å². The summed E-state index contributed by atoms with van der Waals surface area (Å²) >= 11 is 0. The molecule has 2 aliphatic carbocycles. The van der Waals surface area contributed by atoms with E-state index >= 15 is 0 Å². The van der Waals surface area contributed by atoms with Crippen LogP contribution in [-0.2, 0) is 9.47 Å². The van der Waals surface area contributed by atoms with E-state index in [1.165, 1.54) is 0 Å². The predicted octanol–water partition coefficient (Wildman–Crippen LogP) is 0.676. The van der Waals surface area contributed by atoms with Gasteiger partial charge in [-0.3, -0.25) is 0 Å². The molecule has 20 heavy (non-hydrogen) atoms. The van der Waals surface area contributed by atoms with E-state index in [9.17, 15) is 10.1 Å². The topological polar surface area (TPSA) is 71.0 Å². The number of rotatable bonds is 3. The van der Waals surface area contributed by atoms with E-state index in [0.717, 1.165) is 6.42 Å². The van der Waals surface area contributed by atoms with Crippen LogP contribution in [0.2, 0.25) is 6.82 Å². The average molecular weight is 281 g/mol. The van der Waals surface area contributed by atoms with Gasteiger partial charge in [0.15, 0.2) is 5.79 Å². The van der Waals surface area contributed by atoms with Crippen molar-refractivity contribution in [2.75, 3.05) is 0 Å². The third-order valence-corrected chi connectivity index (χ3v) is 4.72. The number of ether oxygens (including phenoxy) is 2. The van der Waals surface area contributed by atoms with Crippen LogP contribution in [0.1, 0.15) is 33.1 Å². The van der Waals surface area contributed by atoms with Crippen molar-refractivity contribution in [1.82, 2.24) is 5.23 Å². The van der Waals surface area contributed by atoms with Gasteiger partial charge in [0.05, 0.1) is 11.7 Å². The highest BCUT2D eigenvalue weighted by atomic mass is 16.8. The Labute approximate surface area is 120 Å². The van der Waals surface area contributed by atoms with Crippen LogP contribution in [0.5, 0.6) is 0 Å². The van der Waals surface area contributed by atoms with E-state index in [0.29, 0.717) is 12.8 Å². The summed E-state index contributed by atoms with van der Waals surface area (Å²) in [6, 6.07) is 0.0106. The fourth-order valence-electron chi connectivity index (χ4n) is 3.94. The molecule has 2 fully saturated rings. The van der Waals surface area contributed by atoms with Gasteiger partial charge in [0.25, 0.3) is 0 Å². The first kappa shape index (κ1) is 14.5. The molecule has 0 unspecified atom stereocenters. The van der Waals surface area contributed by atoms with Crippen molar-refractivity contribution in [2.24, 2.45) is 5.92 Å². The fraction of sp³-hybridized carbons (Fsp3) is 0.857. The van der Waals surface area contributed by atoms with Crippen LogP contribution in [0, 0.1) is 5.92 Å². The summed E-state index contributed by atoms with van der Waals surface area (Å²) in [6.45, 7) is 5.51. The van der Waals surface area contributed by atoms with Gasteiger partial charge in [-0.05, 0) is 39.9 Å². The van der Waals surface area contributed by atoms with E-state index in [2.05, 4.69) is 5.23 Å². The molecular formula is C14H24BNO4. The van der Waals surface area contributed by atoms with Crippen LogP contribution >= 0.6 is 0 Å². The molecule has 0 aromatic carbocycles. The summed E-state index contributed by atoms with van der Waals surface area (Å²) in [5, 5.41) is 23.6. The van der Waals surface area contributed by atoms with Gasteiger partial charge < -0.3 is 24.8 Å². The molecule has 3 rings (SSSR count). The van der Waals surface area contributed by atoms with Crippen molar-refractivity contribution in [3.8, 4) is 0 Å². The average Bonchev–Trinajstić information content (AvgIpc) is 2.95. The highest BCUT2D eigenvalue weighted by molar-refractivity contribution is 6.45. The summed E-state index contributed by atoms with van der Waals surface area (Å²) < 4.78 is 12.0. The van der Waals surface area contributed by atoms with E-state index < -0.39 is 18.4 Å². The van der Waals surface area contributed by atoms with Gasteiger partial charge >= 0.3 is 7.05 Å². The number of hydrogen-bond acceptors (Lipinski definition) is 5. The van der Waals surface area contributed by atoms with Crippen molar-refractivity contribution in [3.05, 3.63) is 12.2 Å². The standard InChI is InChI=1S/C14H24BNO4/c1-13(2)19-11-9(14(17)6-4-5-7-14)8-10(12(11)20-13)16-15(3)18/h4-5,9-12,16-18H,6-8H2,1-3H3/t9-,10+,11+,12-/m0/s1. The second kappa shape index (κ2) is 4.82. The van der Waals surface area contributed by atoms with E-state index in [1.54, 1.807) is 6.82 Å². The van der Waals surface area contributed by atoms with Gasteiger partial charge in [0.1, 0.15) is 6.10 Å². The fourth-order valence-corrected chi connectivity index (χ4v) is 3.94. The highest BCUT2D eigenvalue weighted by Gasteiger charge is 2.59. The lowest BCUT2D eigenvalue weighted by atomic mass is 9.82. The molecule has 1 saturated carbocycles. The summed E-state index contributed by atoms with van der Waals surface area (Å²) in [4.78, 5) is 0.